The van der Waals surface area contributed by atoms with Gasteiger partial charge in [-0.2, -0.15) is 0 Å². The number of aliphatic hydroxyl groups is 1. The van der Waals surface area contributed by atoms with Crippen LogP contribution < -0.4 is 5.32 Å². The summed E-state index contributed by atoms with van der Waals surface area (Å²) < 4.78 is 5.49. The molecule has 0 saturated carbocycles. The van der Waals surface area contributed by atoms with E-state index in [4.69, 9.17) is 16.3 Å². The predicted octanol–water partition coefficient (Wildman–Crippen LogP) is 2.79. The van der Waals surface area contributed by atoms with Crippen LogP contribution in [0, 0.1) is 0 Å². The second-order valence-corrected chi connectivity index (χ2v) is 8.11. The van der Waals surface area contributed by atoms with Gasteiger partial charge in [-0.15, -0.1) is 0 Å². The van der Waals surface area contributed by atoms with Gasteiger partial charge in [-0.3, -0.25) is 9.69 Å². The summed E-state index contributed by atoms with van der Waals surface area (Å²) in [6.07, 6.45) is 3.88. The molecule has 2 unspecified atom stereocenters. The van der Waals surface area contributed by atoms with Crippen LogP contribution in [0.25, 0.3) is 10.8 Å². The van der Waals surface area contributed by atoms with Gasteiger partial charge in [0.05, 0.1) is 24.9 Å². The molecule has 0 radical (unpaired) electrons. The first-order valence-electron chi connectivity index (χ1n) is 9.31. The molecule has 1 aromatic carbocycles. The van der Waals surface area contributed by atoms with Crippen LogP contribution in [0.1, 0.15) is 31.2 Å². The van der Waals surface area contributed by atoms with E-state index in [1.165, 1.54) is 0 Å². The molecule has 3 heterocycles. The van der Waals surface area contributed by atoms with Gasteiger partial charge < -0.3 is 15.2 Å². The summed E-state index contributed by atoms with van der Waals surface area (Å²) in [5.74, 6) is 0.903. The Bertz CT molecular complexity index is 854. The third-order valence-electron chi connectivity index (χ3n) is 6.09. The van der Waals surface area contributed by atoms with Crippen molar-refractivity contribution >= 4 is 34.6 Å². The van der Waals surface area contributed by atoms with Crippen LogP contribution in [0.3, 0.4) is 0 Å². The fourth-order valence-corrected chi connectivity index (χ4v) is 4.62. The summed E-state index contributed by atoms with van der Waals surface area (Å²) in [6, 6.07) is 5.93. The van der Waals surface area contributed by atoms with Crippen LogP contribution in [0.5, 0.6) is 0 Å². The Labute approximate surface area is 163 Å². The maximum atomic E-state index is 10.7. The first-order chi connectivity index (χ1) is 13.0. The van der Waals surface area contributed by atoms with E-state index in [-0.39, 0.29) is 5.54 Å². The molecule has 2 N–H and O–H groups in total. The van der Waals surface area contributed by atoms with Crippen molar-refractivity contribution in [2.75, 3.05) is 31.6 Å². The number of aliphatic hydroxyl groups excluding tert-OH is 1. The van der Waals surface area contributed by atoms with Gasteiger partial charge in [0.15, 0.2) is 0 Å². The first kappa shape index (κ1) is 18.6. The van der Waals surface area contributed by atoms with Crippen molar-refractivity contribution in [1.82, 2.24) is 9.88 Å². The molecular formula is C20H24ClN3O3. The topological polar surface area (TPSA) is 74.7 Å². The van der Waals surface area contributed by atoms with Crippen LogP contribution in [0.4, 0.5) is 5.82 Å². The third kappa shape index (κ3) is 3.43. The summed E-state index contributed by atoms with van der Waals surface area (Å²) >= 11 is 6.58. The quantitative estimate of drug-likeness (QED) is 0.786. The molecule has 2 aliphatic rings. The molecule has 0 bridgehead atoms. The Hall–Kier alpha value is -1.73. The second-order valence-electron chi connectivity index (χ2n) is 7.70. The van der Waals surface area contributed by atoms with E-state index in [1.807, 2.05) is 12.1 Å². The Kier molecular flexibility index (Phi) is 5.07. The van der Waals surface area contributed by atoms with Gasteiger partial charge >= 0.3 is 0 Å². The Morgan fingerprint density at radius 3 is 2.78 bits per heavy atom. The summed E-state index contributed by atoms with van der Waals surface area (Å²) in [7, 11) is 0. The number of hydrogen-bond donors (Lipinski definition) is 2. The van der Waals surface area contributed by atoms with E-state index in [9.17, 15) is 9.90 Å². The number of halogens is 1. The average Bonchev–Trinajstić information content (AvgIpc) is 3.02. The Morgan fingerprint density at radius 2 is 2.11 bits per heavy atom. The standard InChI is InChI=1S/C20H24ClN3O3/c1-20(11-27-10-18(20)26)24-4-2-13(3-5-24)16-6-14-8-19(23-12-25)22-9-15(14)7-17(16)21/h6-9,12-13,18,26H,2-5,10-11H2,1H3,(H,22,23,25). The van der Waals surface area contributed by atoms with Crippen molar-refractivity contribution in [1.29, 1.82) is 0 Å². The smallest absolute Gasteiger partial charge is 0.212 e. The number of likely N-dealkylation sites (tertiary alicyclic amines) is 1. The van der Waals surface area contributed by atoms with Gasteiger partial charge in [0.2, 0.25) is 6.41 Å². The van der Waals surface area contributed by atoms with Crippen molar-refractivity contribution < 1.29 is 14.6 Å². The lowest BCUT2D eigenvalue weighted by molar-refractivity contribution is -0.105. The Balaban J connectivity index is 1.54. The van der Waals surface area contributed by atoms with Crippen LogP contribution in [0.15, 0.2) is 24.4 Å². The molecule has 0 aliphatic carbocycles. The number of piperidine rings is 1. The van der Waals surface area contributed by atoms with E-state index in [0.717, 1.165) is 47.3 Å². The number of carbonyl (C=O) groups excluding carboxylic acids is 1. The summed E-state index contributed by atoms with van der Waals surface area (Å²) in [4.78, 5) is 17.2. The van der Waals surface area contributed by atoms with Crippen molar-refractivity contribution in [3.8, 4) is 0 Å². The van der Waals surface area contributed by atoms with Crippen molar-refractivity contribution in [2.24, 2.45) is 0 Å². The predicted molar refractivity (Wildman–Crippen MR) is 105 cm³/mol. The highest BCUT2D eigenvalue weighted by molar-refractivity contribution is 6.32. The lowest BCUT2D eigenvalue weighted by Crippen LogP contribution is -2.56. The average molecular weight is 390 g/mol. The fourth-order valence-electron chi connectivity index (χ4n) is 4.29. The molecule has 2 saturated heterocycles. The zero-order valence-corrected chi connectivity index (χ0v) is 16.1. The number of rotatable bonds is 4. The van der Waals surface area contributed by atoms with E-state index in [2.05, 4.69) is 28.2 Å². The molecule has 7 heteroatoms. The molecule has 2 atom stereocenters. The van der Waals surface area contributed by atoms with Gasteiger partial charge in [0, 0.05) is 16.6 Å². The number of nitrogens with zero attached hydrogens (tertiary/aromatic N) is 2. The molecule has 2 aromatic rings. The highest BCUT2D eigenvalue weighted by Crippen LogP contribution is 2.38. The highest BCUT2D eigenvalue weighted by Gasteiger charge is 2.44. The lowest BCUT2D eigenvalue weighted by atomic mass is 9.85. The first-order valence-corrected chi connectivity index (χ1v) is 9.69. The second kappa shape index (κ2) is 7.36. The maximum absolute atomic E-state index is 10.7. The number of ether oxygens (including phenoxy) is 1. The number of fused-ring (bicyclic) bond motifs is 1. The molecule has 1 aromatic heterocycles. The van der Waals surface area contributed by atoms with Gasteiger partial charge in [0.1, 0.15) is 5.82 Å². The van der Waals surface area contributed by atoms with E-state index in [1.54, 1.807) is 6.20 Å². The summed E-state index contributed by atoms with van der Waals surface area (Å²) in [5, 5.41) is 15.6. The van der Waals surface area contributed by atoms with E-state index in [0.29, 0.717) is 31.4 Å². The summed E-state index contributed by atoms with van der Waals surface area (Å²) in [6.45, 7) is 4.89. The largest absolute Gasteiger partial charge is 0.389 e. The van der Waals surface area contributed by atoms with Crippen molar-refractivity contribution in [3.63, 3.8) is 0 Å². The molecule has 27 heavy (non-hydrogen) atoms. The number of hydrogen-bond acceptors (Lipinski definition) is 5. The molecule has 6 nitrogen and oxygen atoms in total. The normalized spacial score (nSPS) is 27.1. The number of aromatic nitrogens is 1. The van der Waals surface area contributed by atoms with Gasteiger partial charge in [-0.1, -0.05) is 11.6 Å². The van der Waals surface area contributed by atoms with E-state index >= 15 is 0 Å². The molecule has 0 spiro atoms. The lowest BCUT2D eigenvalue weighted by Gasteiger charge is -2.43. The van der Waals surface area contributed by atoms with Gasteiger partial charge in [-0.05, 0) is 67.9 Å². The van der Waals surface area contributed by atoms with Crippen LogP contribution >= 0.6 is 11.6 Å². The van der Waals surface area contributed by atoms with Gasteiger partial charge in [0.25, 0.3) is 0 Å². The minimum absolute atomic E-state index is 0.292. The molecule has 2 aliphatic heterocycles. The third-order valence-corrected chi connectivity index (χ3v) is 6.42. The minimum Gasteiger partial charge on any atom is -0.389 e. The minimum atomic E-state index is -0.436. The maximum Gasteiger partial charge on any atom is 0.212 e. The number of amides is 1. The highest BCUT2D eigenvalue weighted by atomic mass is 35.5. The number of benzene rings is 1. The number of anilines is 1. The molecule has 2 fully saturated rings. The molecular weight excluding hydrogens is 366 g/mol. The molecule has 4 rings (SSSR count). The zero-order valence-electron chi connectivity index (χ0n) is 15.3. The molecule has 1 amide bonds. The Morgan fingerprint density at radius 1 is 1.33 bits per heavy atom. The fraction of sp³-hybridized carbons (Fsp3) is 0.500. The van der Waals surface area contributed by atoms with Crippen LogP contribution in [-0.4, -0.2) is 59.3 Å². The number of nitrogens with one attached hydrogen (secondary N) is 1. The monoisotopic (exact) mass is 389 g/mol. The zero-order chi connectivity index (χ0) is 19.0. The van der Waals surface area contributed by atoms with Crippen molar-refractivity contribution in [2.45, 2.75) is 37.3 Å². The number of carbonyl (C=O) groups is 1. The molecule has 144 valence electrons. The number of pyridine rings is 1. The summed E-state index contributed by atoms with van der Waals surface area (Å²) in [5.41, 5.74) is 0.847. The van der Waals surface area contributed by atoms with Crippen LogP contribution in [0.2, 0.25) is 5.02 Å². The van der Waals surface area contributed by atoms with E-state index < -0.39 is 6.10 Å². The van der Waals surface area contributed by atoms with Gasteiger partial charge in [-0.25, -0.2) is 4.98 Å². The SMILES string of the molecule is CC1(N2CCC(c3cc4cc(NC=O)ncc4cc3Cl)CC2)COCC1O. The van der Waals surface area contributed by atoms with Crippen LogP contribution in [-0.2, 0) is 9.53 Å². The van der Waals surface area contributed by atoms with Crippen molar-refractivity contribution in [3.05, 3.63) is 35.0 Å².